The van der Waals surface area contributed by atoms with Crippen LogP contribution >= 0.6 is 17.4 Å². The van der Waals surface area contributed by atoms with Gasteiger partial charge in [0.25, 0.3) is 0 Å². The Bertz CT molecular complexity index is 109. The van der Waals surface area contributed by atoms with Crippen LogP contribution < -0.4 is 5.30 Å². The zero-order chi connectivity index (χ0) is 4.41. The lowest BCUT2D eigenvalue weighted by Gasteiger charge is -1.66. The lowest BCUT2D eigenvalue weighted by molar-refractivity contribution is 2.17. The third-order valence-corrected chi connectivity index (χ3v) is 2.17. The van der Waals surface area contributed by atoms with E-state index >= 15 is 0 Å². The van der Waals surface area contributed by atoms with Gasteiger partial charge < -0.3 is 0 Å². The minimum absolute atomic E-state index is 0.926. The van der Waals surface area contributed by atoms with Crippen molar-refractivity contribution in [1.29, 1.82) is 0 Å². The Kier molecular flexibility index (Phi) is 1.29. The molecule has 0 aliphatic carbocycles. The largest absolute Gasteiger partial charge is 0.139 e. The van der Waals surface area contributed by atoms with Gasteiger partial charge >= 0.3 is 0 Å². The van der Waals surface area contributed by atoms with E-state index in [-0.39, 0.29) is 0 Å². The first-order valence-electron chi connectivity index (χ1n) is 1.78. The van der Waals surface area contributed by atoms with E-state index in [1.807, 2.05) is 0 Å². The van der Waals surface area contributed by atoms with Crippen LogP contribution in [0.1, 0.15) is 0 Å². The van der Waals surface area contributed by atoms with Crippen LogP contribution in [0.3, 0.4) is 0 Å². The van der Waals surface area contributed by atoms with E-state index in [1.165, 1.54) is 5.30 Å². The highest BCUT2D eigenvalue weighted by atomic mass is 31.0. The topological polar surface area (TPSA) is 0 Å². The fourth-order valence-electron chi connectivity index (χ4n) is 0.337. The molecule has 2 heteroatoms. The summed E-state index contributed by atoms with van der Waals surface area (Å²) < 4.78 is 0. The second-order valence-electron chi connectivity index (χ2n) is 1.14. The van der Waals surface area contributed by atoms with Gasteiger partial charge in [-0.25, -0.2) is 0 Å². The third kappa shape index (κ3) is 0.834. The highest BCUT2D eigenvalue weighted by Gasteiger charge is 1.73. The fourth-order valence-corrected chi connectivity index (χ4v) is 1.59. The van der Waals surface area contributed by atoms with Crippen molar-refractivity contribution in [3.8, 4) is 0 Å². The molecule has 1 rings (SSSR count). The van der Waals surface area contributed by atoms with E-state index in [0.29, 0.717) is 0 Å². The van der Waals surface area contributed by atoms with Gasteiger partial charge in [0, 0.05) is 0 Å². The Balaban J connectivity index is 3.05. The molecule has 0 aliphatic rings. The van der Waals surface area contributed by atoms with E-state index in [0.717, 1.165) is 8.19 Å². The monoisotopic (exact) mass is 116 g/mol. The van der Waals surface area contributed by atoms with Crippen molar-refractivity contribution in [2.45, 2.75) is 0 Å². The number of hydrogen-bond acceptors (Lipinski definition) is 0. The predicted octanol–water partition coefficient (Wildman–Crippen LogP) is 1.22. The average Bonchev–Trinajstić information content (AvgIpc) is 1.86. The standard InChI is InChI=1S/C4H6P2/c5-4-1-2-6-3-4/h1-3,6H,5H2. The minimum Gasteiger partial charge on any atom is -0.139 e. The average molecular weight is 116 g/mol. The third-order valence-electron chi connectivity index (χ3n) is 0.622. The van der Waals surface area contributed by atoms with Crippen molar-refractivity contribution < 1.29 is 0 Å². The molecule has 6 heavy (non-hydrogen) atoms. The molecule has 2 unspecified atom stereocenters. The van der Waals surface area contributed by atoms with E-state index in [1.54, 1.807) is 0 Å². The molecule has 0 radical (unpaired) electrons. The van der Waals surface area contributed by atoms with Crippen LogP contribution in [0.2, 0.25) is 0 Å². The number of rotatable bonds is 0. The Morgan fingerprint density at radius 2 is 2.50 bits per heavy atom. The summed E-state index contributed by atoms with van der Waals surface area (Å²) in [6, 6.07) is 2.11. The molecule has 2 atom stereocenters. The molecule has 0 nitrogen and oxygen atoms in total. The van der Waals surface area contributed by atoms with Crippen LogP contribution in [0.15, 0.2) is 17.7 Å². The van der Waals surface area contributed by atoms with Gasteiger partial charge in [-0.2, -0.15) is 0 Å². The molecule has 0 fully saturated rings. The Hall–Kier alpha value is 0.210. The van der Waals surface area contributed by atoms with Gasteiger partial charge in [0.2, 0.25) is 0 Å². The molecular formula is C4H6P2. The zero-order valence-electron chi connectivity index (χ0n) is 3.31. The summed E-state index contributed by atoms with van der Waals surface area (Å²) in [7, 11) is 3.58. The summed E-state index contributed by atoms with van der Waals surface area (Å²) in [4.78, 5) is 0. The minimum atomic E-state index is 0.926. The molecular weight excluding hydrogens is 110 g/mol. The van der Waals surface area contributed by atoms with Crippen LogP contribution in [0.25, 0.3) is 0 Å². The van der Waals surface area contributed by atoms with Crippen molar-refractivity contribution in [3.05, 3.63) is 17.7 Å². The van der Waals surface area contributed by atoms with E-state index in [4.69, 9.17) is 0 Å². The van der Waals surface area contributed by atoms with Crippen LogP contribution in [0.4, 0.5) is 0 Å². The van der Waals surface area contributed by atoms with Crippen molar-refractivity contribution in [1.82, 2.24) is 0 Å². The van der Waals surface area contributed by atoms with Crippen LogP contribution in [0, 0.1) is 0 Å². The molecule has 1 aromatic heterocycles. The van der Waals surface area contributed by atoms with Crippen molar-refractivity contribution >= 4 is 22.7 Å². The van der Waals surface area contributed by atoms with Gasteiger partial charge in [-0.05, 0) is 16.9 Å². The Morgan fingerprint density at radius 3 is 2.67 bits per heavy atom. The summed E-state index contributed by atoms with van der Waals surface area (Å²) in [6.07, 6.45) is 0. The summed E-state index contributed by atoms with van der Waals surface area (Å²) in [6.45, 7) is 0. The summed E-state index contributed by atoms with van der Waals surface area (Å²) in [5.74, 6) is 4.37. The Morgan fingerprint density at radius 1 is 1.67 bits per heavy atom. The molecule has 0 bridgehead atoms. The van der Waals surface area contributed by atoms with Crippen LogP contribution in [-0.2, 0) is 0 Å². The summed E-state index contributed by atoms with van der Waals surface area (Å²) in [5, 5.41) is 1.33. The van der Waals surface area contributed by atoms with Crippen molar-refractivity contribution in [2.75, 3.05) is 0 Å². The maximum atomic E-state index is 2.65. The second-order valence-corrected chi connectivity index (χ2v) is 2.77. The first-order valence-corrected chi connectivity index (χ1v) is 3.51. The first-order chi connectivity index (χ1) is 2.89. The molecule has 0 aromatic carbocycles. The molecule has 0 N–H and O–H groups in total. The predicted molar refractivity (Wildman–Crippen MR) is 35.3 cm³/mol. The van der Waals surface area contributed by atoms with Gasteiger partial charge in [0.05, 0.1) is 0 Å². The second kappa shape index (κ2) is 1.78. The highest BCUT2D eigenvalue weighted by Crippen LogP contribution is 2.02. The molecule has 0 aliphatic heterocycles. The van der Waals surface area contributed by atoms with Crippen molar-refractivity contribution in [2.24, 2.45) is 0 Å². The molecule has 0 saturated carbocycles. The van der Waals surface area contributed by atoms with E-state index < -0.39 is 0 Å². The normalized spacial score (nSPS) is 10.2. The molecule has 1 heterocycles. The van der Waals surface area contributed by atoms with Gasteiger partial charge in [0.1, 0.15) is 0 Å². The molecule has 1 aromatic rings. The summed E-state index contributed by atoms with van der Waals surface area (Å²) >= 11 is 0. The quantitative estimate of drug-likeness (QED) is 0.447. The van der Waals surface area contributed by atoms with E-state index in [9.17, 15) is 0 Å². The lowest BCUT2D eigenvalue weighted by atomic mass is 10.7. The lowest BCUT2D eigenvalue weighted by Crippen LogP contribution is -1.73. The molecule has 0 spiro atoms. The van der Waals surface area contributed by atoms with Gasteiger partial charge in [-0.1, -0.05) is 6.07 Å². The highest BCUT2D eigenvalue weighted by molar-refractivity contribution is 7.34. The molecule has 0 amide bonds. The number of hydrogen-bond donors (Lipinski definition) is 0. The van der Waals surface area contributed by atoms with E-state index in [2.05, 4.69) is 26.9 Å². The maximum Gasteiger partial charge on any atom is -0.0263 e. The van der Waals surface area contributed by atoms with Crippen LogP contribution in [0.5, 0.6) is 0 Å². The van der Waals surface area contributed by atoms with Gasteiger partial charge in [-0.3, -0.25) is 0 Å². The molecule has 32 valence electrons. The van der Waals surface area contributed by atoms with Crippen molar-refractivity contribution in [3.63, 3.8) is 0 Å². The van der Waals surface area contributed by atoms with Gasteiger partial charge in [-0.15, -0.1) is 17.4 Å². The first kappa shape index (κ1) is 4.37. The van der Waals surface area contributed by atoms with Gasteiger partial charge in [0.15, 0.2) is 0 Å². The smallest absolute Gasteiger partial charge is 0.0263 e. The fraction of sp³-hybridized carbons (Fsp3) is 0. The SMILES string of the molecule is Pc1cc[pH]c1. The zero-order valence-corrected chi connectivity index (χ0v) is 5.46. The molecule has 0 saturated heterocycles. The van der Waals surface area contributed by atoms with Crippen LogP contribution in [-0.4, -0.2) is 0 Å². The summed E-state index contributed by atoms with van der Waals surface area (Å²) in [5.41, 5.74) is 0. The maximum absolute atomic E-state index is 2.65. The Labute approximate surface area is 41.2 Å².